The van der Waals surface area contributed by atoms with Gasteiger partial charge in [0.15, 0.2) is 0 Å². The number of carbonyl (C=O) groups is 1. The number of ether oxygens (including phenoxy) is 1. The van der Waals surface area contributed by atoms with E-state index in [1.54, 1.807) is 25.5 Å². The normalized spacial score (nSPS) is 25.0. The lowest BCUT2D eigenvalue weighted by Crippen LogP contribution is -2.23. The summed E-state index contributed by atoms with van der Waals surface area (Å²) in [6.45, 7) is 0. The summed E-state index contributed by atoms with van der Waals surface area (Å²) < 4.78 is 4.97. The standard InChI is InChI=1S/C9H8N2O2/c1-13-6-4-8-7(10-5-6)2-3-9(12)11-8/h2-5,7H,1H3. The van der Waals surface area contributed by atoms with Gasteiger partial charge in [-0.1, -0.05) is 0 Å². The Kier molecular flexibility index (Phi) is 1.81. The molecule has 4 nitrogen and oxygen atoms in total. The van der Waals surface area contributed by atoms with Crippen molar-refractivity contribution in [2.75, 3.05) is 7.11 Å². The third kappa shape index (κ3) is 1.42. The van der Waals surface area contributed by atoms with E-state index in [1.807, 2.05) is 0 Å². The number of fused-ring (bicyclic) bond motifs is 1. The number of aliphatic imine (C=N–C) groups is 2. The monoisotopic (exact) mass is 176 g/mol. The molecule has 2 aliphatic heterocycles. The number of hydrogen-bond donors (Lipinski definition) is 0. The average molecular weight is 176 g/mol. The van der Waals surface area contributed by atoms with Crippen molar-refractivity contribution < 1.29 is 9.53 Å². The molecule has 4 heteroatoms. The van der Waals surface area contributed by atoms with Crippen LogP contribution in [0.2, 0.25) is 0 Å². The van der Waals surface area contributed by atoms with Crippen LogP contribution in [-0.2, 0) is 9.53 Å². The number of carbonyl (C=O) groups excluding carboxylic acids is 1. The Balaban J connectivity index is 2.33. The highest BCUT2D eigenvalue weighted by atomic mass is 16.5. The summed E-state index contributed by atoms with van der Waals surface area (Å²) in [6.07, 6.45) is 6.50. The van der Waals surface area contributed by atoms with Crippen LogP contribution in [0.5, 0.6) is 0 Å². The predicted molar refractivity (Wildman–Crippen MR) is 49.0 cm³/mol. The van der Waals surface area contributed by atoms with E-state index >= 15 is 0 Å². The topological polar surface area (TPSA) is 51.0 Å². The zero-order chi connectivity index (χ0) is 9.26. The second kappa shape index (κ2) is 2.97. The van der Waals surface area contributed by atoms with Gasteiger partial charge < -0.3 is 4.74 Å². The maximum Gasteiger partial charge on any atom is 0.269 e. The van der Waals surface area contributed by atoms with E-state index in [2.05, 4.69) is 9.98 Å². The fourth-order valence-electron chi connectivity index (χ4n) is 1.19. The lowest BCUT2D eigenvalue weighted by molar-refractivity contribution is -0.113. The Morgan fingerprint density at radius 3 is 3.15 bits per heavy atom. The van der Waals surface area contributed by atoms with E-state index in [0.29, 0.717) is 11.5 Å². The van der Waals surface area contributed by atoms with Gasteiger partial charge >= 0.3 is 0 Å². The Hall–Kier alpha value is -1.71. The highest BCUT2D eigenvalue weighted by Gasteiger charge is 2.19. The van der Waals surface area contributed by atoms with Gasteiger partial charge in [-0.3, -0.25) is 9.79 Å². The molecule has 2 aliphatic rings. The van der Waals surface area contributed by atoms with Crippen LogP contribution in [-0.4, -0.2) is 31.0 Å². The number of methoxy groups -OCH3 is 1. The molecule has 0 spiro atoms. The SMILES string of the molecule is COC1=CC2=NC(=O)C=CC2N=C1. The molecule has 66 valence electrons. The number of amides is 1. The number of nitrogens with zero attached hydrogens (tertiary/aromatic N) is 2. The van der Waals surface area contributed by atoms with Crippen LogP contribution < -0.4 is 0 Å². The first kappa shape index (κ1) is 7.91. The molecule has 0 saturated carbocycles. The molecule has 2 heterocycles. The van der Waals surface area contributed by atoms with Crippen molar-refractivity contribution in [2.24, 2.45) is 9.98 Å². The molecule has 0 radical (unpaired) electrons. The molecule has 0 aromatic rings. The number of allylic oxidation sites excluding steroid dienone is 1. The summed E-state index contributed by atoms with van der Waals surface area (Å²) in [6, 6.07) is -0.114. The van der Waals surface area contributed by atoms with Gasteiger partial charge in [0.1, 0.15) is 11.8 Å². The van der Waals surface area contributed by atoms with Crippen LogP contribution in [0.1, 0.15) is 0 Å². The van der Waals surface area contributed by atoms with Crippen molar-refractivity contribution in [3.05, 3.63) is 24.0 Å². The quantitative estimate of drug-likeness (QED) is 0.584. The summed E-state index contributed by atoms with van der Waals surface area (Å²) >= 11 is 0. The van der Waals surface area contributed by atoms with Crippen molar-refractivity contribution in [1.82, 2.24) is 0 Å². The molecule has 1 atom stereocenters. The van der Waals surface area contributed by atoms with E-state index in [9.17, 15) is 4.79 Å². The van der Waals surface area contributed by atoms with Crippen LogP contribution >= 0.6 is 0 Å². The number of dihydropyridines is 2. The minimum Gasteiger partial charge on any atom is -0.495 e. The van der Waals surface area contributed by atoms with Gasteiger partial charge in [-0.25, -0.2) is 4.99 Å². The fourth-order valence-corrected chi connectivity index (χ4v) is 1.19. The van der Waals surface area contributed by atoms with Crippen molar-refractivity contribution in [2.45, 2.75) is 6.04 Å². The highest BCUT2D eigenvalue weighted by molar-refractivity contribution is 6.14. The Bertz CT molecular complexity index is 364. The van der Waals surface area contributed by atoms with Crippen LogP contribution in [0.15, 0.2) is 34.0 Å². The maximum atomic E-state index is 10.9. The van der Waals surface area contributed by atoms with Gasteiger partial charge in [0, 0.05) is 12.2 Å². The van der Waals surface area contributed by atoms with Crippen molar-refractivity contribution in [1.29, 1.82) is 0 Å². The van der Waals surface area contributed by atoms with Crippen LogP contribution in [0.25, 0.3) is 0 Å². The largest absolute Gasteiger partial charge is 0.495 e. The first-order valence-corrected chi connectivity index (χ1v) is 3.89. The van der Waals surface area contributed by atoms with E-state index < -0.39 is 0 Å². The molecule has 0 aromatic carbocycles. The van der Waals surface area contributed by atoms with Gasteiger partial charge in [-0.2, -0.15) is 0 Å². The summed E-state index contributed by atoms with van der Waals surface area (Å²) in [5.41, 5.74) is 0.645. The van der Waals surface area contributed by atoms with E-state index in [-0.39, 0.29) is 11.9 Å². The average Bonchev–Trinajstić information content (AvgIpc) is 2.16. The van der Waals surface area contributed by atoms with Crippen molar-refractivity contribution >= 4 is 17.8 Å². The van der Waals surface area contributed by atoms with Gasteiger partial charge in [0.05, 0.1) is 19.0 Å². The van der Waals surface area contributed by atoms with Crippen LogP contribution in [0.4, 0.5) is 0 Å². The molecule has 0 N–H and O–H groups in total. The summed E-state index contributed by atoms with van der Waals surface area (Å²) in [4.78, 5) is 18.9. The summed E-state index contributed by atoms with van der Waals surface area (Å²) in [5, 5.41) is 0. The molecule has 1 unspecified atom stereocenters. The summed E-state index contributed by atoms with van der Waals surface area (Å²) in [7, 11) is 1.55. The van der Waals surface area contributed by atoms with Gasteiger partial charge in [0.25, 0.3) is 5.91 Å². The molecule has 2 rings (SSSR count). The van der Waals surface area contributed by atoms with E-state index in [1.165, 1.54) is 6.08 Å². The molecule has 0 fully saturated rings. The van der Waals surface area contributed by atoms with Crippen LogP contribution in [0.3, 0.4) is 0 Å². The van der Waals surface area contributed by atoms with Gasteiger partial charge in [0.2, 0.25) is 0 Å². The fraction of sp³-hybridized carbons (Fsp3) is 0.222. The van der Waals surface area contributed by atoms with Crippen molar-refractivity contribution in [3.8, 4) is 0 Å². The number of hydrogen-bond acceptors (Lipinski definition) is 3. The molecule has 0 aromatic heterocycles. The first-order chi connectivity index (χ1) is 6.29. The number of rotatable bonds is 1. The third-order valence-corrected chi connectivity index (χ3v) is 1.85. The minimum atomic E-state index is -0.241. The third-order valence-electron chi connectivity index (χ3n) is 1.85. The lowest BCUT2D eigenvalue weighted by Gasteiger charge is -2.15. The molecule has 0 aliphatic carbocycles. The molecular weight excluding hydrogens is 168 g/mol. The smallest absolute Gasteiger partial charge is 0.269 e. The maximum absolute atomic E-state index is 10.9. The Morgan fingerprint density at radius 1 is 1.54 bits per heavy atom. The second-order valence-corrected chi connectivity index (χ2v) is 2.71. The molecule has 0 bridgehead atoms. The zero-order valence-corrected chi connectivity index (χ0v) is 7.10. The van der Waals surface area contributed by atoms with Gasteiger partial charge in [-0.05, 0) is 6.08 Å². The lowest BCUT2D eigenvalue weighted by atomic mass is 10.1. The van der Waals surface area contributed by atoms with Crippen molar-refractivity contribution in [3.63, 3.8) is 0 Å². The Morgan fingerprint density at radius 2 is 2.38 bits per heavy atom. The second-order valence-electron chi connectivity index (χ2n) is 2.71. The molecule has 0 saturated heterocycles. The van der Waals surface area contributed by atoms with E-state index in [0.717, 1.165) is 0 Å². The van der Waals surface area contributed by atoms with Gasteiger partial charge in [-0.15, -0.1) is 0 Å². The zero-order valence-electron chi connectivity index (χ0n) is 7.10. The first-order valence-electron chi connectivity index (χ1n) is 3.89. The minimum absolute atomic E-state index is 0.114. The summed E-state index contributed by atoms with van der Waals surface area (Å²) in [5.74, 6) is 0.383. The molecule has 1 amide bonds. The highest BCUT2D eigenvalue weighted by Crippen LogP contribution is 2.12. The predicted octanol–water partition coefficient (Wildman–Crippen LogP) is 0.507. The van der Waals surface area contributed by atoms with Crippen LogP contribution in [0, 0.1) is 0 Å². The molecule has 13 heavy (non-hydrogen) atoms. The van der Waals surface area contributed by atoms with E-state index in [4.69, 9.17) is 4.74 Å². The Labute approximate surface area is 75.3 Å². The molecular formula is C9H8N2O2.